The van der Waals surface area contributed by atoms with Crippen LogP contribution in [0.5, 0.6) is 0 Å². The average molecular weight is 421 g/mol. The van der Waals surface area contributed by atoms with E-state index in [0.717, 1.165) is 36.2 Å². The third-order valence-corrected chi connectivity index (χ3v) is 6.09. The van der Waals surface area contributed by atoms with Crippen molar-refractivity contribution in [1.29, 1.82) is 0 Å². The maximum absolute atomic E-state index is 13.0. The zero-order valence-corrected chi connectivity index (χ0v) is 17.5. The van der Waals surface area contributed by atoms with E-state index in [1.807, 2.05) is 16.8 Å². The molecule has 1 unspecified atom stereocenters. The Hall–Kier alpha value is -3.19. The molecule has 0 radical (unpaired) electrons. The fourth-order valence-corrected chi connectivity index (χ4v) is 4.41. The van der Waals surface area contributed by atoms with Crippen molar-refractivity contribution in [2.75, 3.05) is 0 Å². The Morgan fingerprint density at radius 2 is 2.00 bits per heavy atom. The molecule has 3 aromatic heterocycles. The number of pyridine rings is 1. The number of carbonyl (C=O) groups is 1. The quantitative estimate of drug-likeness (QED) is 0.549. The van der Waals surface area contributed by atoms with Crippen LogP contribution in [0.15, 0.2) is 49.2 Å². The number of fused-ring (bicyclic) bond motifs is 3. The van der Waals surface area contributed by atoms with Gasteiger partial charge in [0.2, 0.25) is 0 Å². The number of halogens is 1. The van der Waals surface area contributed by atoms with Crippen molar-refractivity contribution < 1.29 is 4.79 Å². The number of hydrogen-bond donors (Lipinski definition) is 1. The Bertz CT molecular complexity index is 1260. The van der Waals surface area contributed by atoms with Crippen molar-refractivity contribution >= 4 is 23.0 Å². The lowest BCUT2D eigenvalue weighted by atomic mass is 9.81. The number of benzene rings is 1. The van der Waals surface area contributed by atoms with Crippen molar-refractivity contribution in [3.05, 3.63) is 76.6 Å². The normalized spacial score (nSPS) is 18.4. The van der Waals surface area contributed by atoms with Gasteiger partial charge in [-0.3, -0.25) is 9.36 Å². The minimum Gasteiger partial charge on any atom is -0.346 e. The number of amides is 1. The van der Waals surface area contributed by atoms with E-state index in [1.165, 1.54) is 11.1 Å². The number of hydrogen-bond acceptors (Lipinski definition) is 4. The molecule has 1 N–H and O–H groups in total. The second kappa shape index (κ2) is 6.95. The van der Waals surface area contributed by atoms with Crippen LogP contribution >= 0.6 is 11.6 Å². The summed E-state index contributed by atoms with van der Waals surface area (Å²) in [5.41, 5.74) is 5.49. The van der Waals surface area contributed by atoms with Gasteiger partial charge in [0, 0.05) is 23.0 Å². The molecule has 1 atom stereocenters. The number of nitrogens with one attached hydrogen (secondary N) is 1. The molecular weight excluding hydrogens is 400 g/mol. The third kappa shape index (κ3) is 3.25. The van der Waals surface area contributed by atoms with Gasteiger partial charge in [0.05, 0.1) is 21.8 Å². The maximum Gasteiger partial charge on any atom is 0.253 e. The predicted molar refractivity (Wildman–Crippen MR) is 114 cm³/mol. The molecule has 1 aliphatic rings. The first kappa shape index (κ1) is 18.8. The molecule has 152 valence electrons. The van der Waals surface area contributed by atoms with Crippen LogP contribution in [0.25, 0.3) is 11.2 Å². The van der Waals surface area contributed by atoms with E-state index in [4.69, 9.17) is 16.7 Å². The lowest BCUT2D eigenvalue weighted by Gasteiger charge is -2.34. The first-order chi connectivity index (χ1) is 14.4. The van der Waals surface area contributed by atoms with Crippen molar-refractivity contribution in [2.45, 2.75) is 38.6 Å². The van der Waals surface area contributed by atoms with Crippen LogP contribution in [0.1, 0.15) is 40.5 Å². The van der Waals surface area contributed by atoms with Gasteiger partial charge >= 0.3 is 0 Å². The first-order valence-electron chi connectivity index (χ1n) is 9.86. The van der Waals surface area contributed by atoms with Crippen molar-refractivity contribution in [3.63, 3.8) is 0 Å². The average Bonchev–Trinajstić information content (AvgIpc) is 3.35. The molecule has 0 spiro atoms. The lowest BCUT2D eigenvalue weighted by Crippen LogP contribution is -2.49. The molecule has 1 amide bonds. The SMILES string of the molecule is Cc1ccc2c3c(nn2c1)CCC(C)(NC(=O)c1ccc(-n2cnnc2)cc1Cl)C3. The zero-order chi connectivity index (χ0) is 20.9. The van der Waals surface area contributed by atoms with E-state index < -0.39 is 0 Å². The third-order valence-electron chi connectivity index (χ3n) is 5.77. The number of aromatic nitrogens is 5. The van der Waals surface area contributed by atoms with Crippen LogP contribution < -0.4 is 5.32 Å². The molecule has 0 aliphatic heterocycles. The summed E-state index contributed by atoms with van der Waals surface area (Å²) < 4.78 is 3.69. The van der Waals surface area contributed by atoms with Crippen LogP contribution in [-0.4, -0.2) is 35.8 Å². The molecule has 30 heavy (non-hydrogen) atoms. The molecule has 1 aromatic carbocycles. The molecule has 8 heteroatoms. The van der Waals surface area contributed by atoms with Gasteiger partial charge in [-0.25, -0.2) is 4.52 Å². The Balaban J connectivity index is 1.39. The highest BCUT2D eigenvalue weighted by atomic mass is 35.5. The summed E-state index contributed by atoms with van der Waals surface area (Å²) in [5, 5.41) is 15.9. The zero-order valence-electron chi connectivity index (χ0n) is 16.8. The van der Waals surface area contributed by atoms with Gasteiger partial charge < -0.3 is 5.32 Å². The molecule has 4 aromatic rings. The van der Waals surface area contributed by atoms with Crippen LogP contribution in [0.3, 0.4) is 0 Å². The summed E-state index contributed by atoms with van der Waals surface area (Å²) in [6.07, 6.45) is 7.60. The Kier molecular flexibility index (Phi) is 4.36. The topological polar surface area (TPSA) is 77.1 Å². The number of carbonyl (C=O) groups excluding carboxylic acids is 1. The van der Waals surface area contributed by atoms with Gasteiger partial charge in [-0.15, -0.1) is 10.2 Å². The number of rotatable bonds is 3. The molecule has 3 heterocycles. The van der Waals surface area contributed by atoms with Gasteiger partial charge in [0.15, 0.2) is 0 Å². The van der Waals surface area contributed by atoms with Crippen LogP contribution in [-0.2, 0) is 12.8 Å². The van der Waals surface area contributed by atoms with Crippen molar-refractivity contribution in [2.24, 2.45) is 0 Å². The molecule has 0 bridgehead atoms. The Labute approximate surface area is 178 Å². The maximum atomic E-state index is 13.0. The molecule has 5 rings (SSSR count). The van der Waals surface area contributed by atoms with Gasteiger partial charge in [0.1, 0.15) is 12.7 Å². The van der Waals surface area contributed by atoms with Crippen molar-refractivity contribution in [1.82, 2.24) is 29.7 Å². The van der Waals surface area contributed by atoms with Gasteiger partial charge in [-0.2, -0.15) is 5.10 Å². The minimum atomic E-state index is -0.366. The van der Waals surface area contributed by atoms with Gasteiger partial charge in [0.25, 0.3) is 5.91 Å². The molecule has 0 saturated carbocycles. The van der Waals surface area contributed by atoms with Crippen LogP contribution in [0, 0.1) is 6.92 Å². The number of nitrogens with zero attached hydrogens (tertiary/aromatic N) is 5. The highest BCUT2D eigenvalue weighted by molar-refractivity contribution is 6.34. The Morgan fingerprint density at radius 3 is 2.77 bits per heavy atom. The lowest BCUT2D eigenvalue weighted by molar-refractivity contribution is 0.0898. The predicted octanol–water partition coefficient (Wildman–Crippen LogP) is 3.55. The summed E-state index contributed by atoms with van der Waals surface area (Å²) in [5.74, 6) is -0.173. The smallest absolute Gasteiger partial charge is 0.253 e. The summed E-state index contributed by atoms with van der Waals surface area (Å²) in [4.78, 5) is 13.0. The summed E-state index contributed by atoms with van der Waals surface area (Å²) in [7, 11) is 0. The second-order valence-corrected chi connectivity index (χ2v) is 8.59. The fraction of sp³-hybridized carbons (Fsp3) is 0.273. The fourth-order valence-electron chi connectivity index (χ4n) is 4.15. The van der Waals surface area contributed by atoms with Crippen LogP contribution in [0.4, 0.5) is 0 Å². The van der Waals surface area contributed by atoms with E-state index in [0.29, 0.717) is 10.6 Å². The van der Waals surface area contributed by atoms with E-state index >= 15 is 0 Å². The van der Waals surface area contributed by atoms with E-state index in [1.54, 1.807) is 29.4 Å². The second-order valence-electron chi connectivity index (χ2n) is 8.19. The summed E-state index contributed by atoms with van der Waals surface area (Å²) >= 11 is 6.43. The van der Waals surface area contributed by atoms with Crippen LogP contribution in [0.2, 0.25) is 5.02 Å². The first-order valence-corrected chi connectivity index (χ1v) is 10.2. The molecular formula is C22H21ClN6O. The van der Waals surface area contributed by atoms with E-state index in [2.05, 4.69) is 41.5 Å². The highest BCUT2D eigenvalue weighted by Gasteiger charge is 2.34. The minimum absolute atomic E-state index is 0.173. The van der Waals surface area contributed by atoms with Crippen molar-refractivity contribution in [3.8, 4) is 5.69 Å². The van der Waals surface area contributed by atoms with E-state index in [-0.39, 0.29) is 11.4 Å². The molecule has 0 saturated heterocycles. The van der Waals surface area contributed by atoms with Gasteiger partial charge in [-0.1, -0.05) is 17.7 Å². The molecule has 0 fully saturated rings. The summed E-state index contributed by atoms with van der Waals surface area (Å²) in [6, 6.07) is 9.52. The standard InChI is InChI=1S/C22H21ClN6O/c1-14-3-6-20-17-10-22(2,8-7-19(17)27-29(20)11-14)26-21(30)16-5-4-15(9-18(16)23)28-12-24-25-13-28/h3-6,9,11-13H,7-8,10H2,1-2H3,(H,26,30). The Morgan fingerprint density at radius 1 is 1.20 bits per heavy atom. The molecule has 1 aliphatic carbocycles. The monoisotopic (exact) mass is 420 g/mol. The highest BCUT2D eigenvalue weighted by Crippen LogP contribution is 2.32. The largest absolute Gasteiger partial charge is 0.346 e. The summed E-state index contributed by atoms with van der Waals surface area (Å²) in [6.45, 7) is 4.15. The van der Waals surface area contributed by atoms with E-state index in [9.17, 15) is 4.79 Å². The number of aryl methyl sites for hydroxylation is 2. The van der Waals surface area contributed by atoms with Gasteiger partial charge in [-0.05, 0) is 62.9 Å². The molecule has 7 nitrogen and oxygen atoms in total.